The zero-order valence-corrected chi connectivity index (χ0v) is 14.3. The van der Waals surface area contributed by atoms with E-state index in [0.717, 1.165) is 48.2 Å². The molecule has 4 nitrogen and oxygen atoms in total. The molecule has 0 aliphatic rings. The van der Waals surface area contributed by atoms with Crippen molar-refractivity contribution < 1.29 is 4.79 Å². The molecule has 0 spiro atoms. The summed E-state index contributed by atoms with van der Waals surface area (Å²) < 4.78 is 2.04. The van der Waals surface area contributed by atoms with Gasteiger partial charge in [0.05, 0.1) is 11.0 Å². The monoisotopic (exact) mass is 321 g/mol. The van der Waals surface area contributed by atoms with Crippen LogP contribution in [-0.4, -0.2) is 33.4 Å². The third-order valence-electron chi connectivity index (χ3n) is 4.30. The van der Waals surface area contributed by atoms with Crippen LogP contribution in [-0.2, 0) is 0 Å². The molecule has 0 aliphatic carbocycles. The lowest BCUT2D eigenvalue weighted by atomic mass is 10.1. The quantitative estimate of drug-likeness (QED) is 0.679. The van der Waals surface area contributed by atoms with Crippen LogP contribution in [0.5, 0.6) is 0 Å². The van der Waals surface area contributed by atoms with Crippen LogP contribution < -0.4 is 0 Å². The van der Waals surface area contributed by atoms with Gasteiger partial charge in [-0.2, -0.15) is 0 Å². The minimum absolute atomic E-state index is 0.105. The maximum atomic E-state index is 12.6. The van der Waals surface area contributed by atoms with Crippen molar-refractivity contribution in [2.24, 2.45) is 0 Å². The maximum Gasteiger partial charge on any atom is 0.253 e. The number of carbonyl (C=O) groups is 1. The van der Waals surface area contributed by atoms with Crippen molar-refractivity contribution in [3.8, 4) is 5.69 Å². The van der Waals surface area contributed by atoms with Gasteiger partial charge in [0.1, 0.15) is 6.33 Å². The van der Waals surface area contributed by atoms with E-state index in [0.29, 0.717) is 0 Å². The van der Waals surface area contributed by atoms with Gasteiger partial charge in [0, 0.05) is 24.3 Å². The molecular formula is C20H23N3O. The second-order valence-corrected chi connectivity index (χ2v) is 5.89. The summed E-state index contributed by atoms with van der Waals surface area (Å²) in [6, 6.07) is 15.8. The Bertz CT molecular complexity index is 820. The molecule has 0 N–H and O–H groups in total. The smallest absolute Gasteiger partial charge is 0.253 e. The summed E-state index contributed by atoms with van der Waals surface area (Å²) in [5.74, 6) is 0.105. The number of fused-ring (bicyclic) bond motifs is 1. The van der Waals surface area contributed by atoms with Crippen LogP contribution in [0.15, 0.2) is 54.9 Å². The van der Waals surface area contributed by atoms with Crippen LogP contribution in [0.25, 0.3) is 16.7 Å². The number of benzene rings is 2. The number of amides is 1. The summed E-state index contributed by atoms with van der Waals surface area (Å²) >= 11 is 0. The fraction of sp³-hybridized carbons (Fsp3) is 0.300. The first-order valence-electron chi connectivity index (χ1n) is 8.56. The maximum absolute atomic E-state index is 12.6. The second-order valence-electron chi connectivity index (χ2n) is 5.89. The van der Waals surface area contributed by atoms with Crippen LogP contribution in [0.4, 0.5) is 0 Å². The van der Waals surface area contributed by atoms with Gasteiger partial charge in [0.15, 0.2) is 0 Å². The summed E-state index contributed by atoms with van der Waals surface area (Å²) in [5.41, 5.74) is 3.78. The fourth-order valence-corrected chi connectivity index (χ4v) is 2.86. The Labute approximate surface area is 142 Å². The van der Waals surface area contributed by atoms with Gasteiger partial charge in [-0.1, -0.05) is 25.5 Å². The Kier molecular flexibility index (Phi) is 4.94. The molecule has 0 radical (unpaired) electrons. The van der Waals surface area contributed by atoms with Crippen molar-refractivity contribution in [3.05, 3.63) is 60.4 Å². The van der Waals surface area contributed by atoms with Crippen molar-refractivity contribution in [1.82, 2.24) is 14.5 Å². The lowest BCUT2D eigenvalue weighted by Crippen LogP contribution is -2.31. The van der Waals surface area contributed by atoms with Gasteiger partial charge in [-0.15, -0.1) is 0 Å². The molecule has 1 heterocycles. The van der Waals surface area contributed by atoms with E-state index in [9.17, 15) is 4.79 Å². The molecule has 0 saturated heterocycles. The topological polar surface area (TPSA) is 38.1 Å². The first-order valence-corrected chi connectivity index (χ1v) is 8.56. The number of hydrogen-bond acceptors (Lipinski definition) is 2. The number of imidazole rings is 1. The van der Waals surface area contributed by atoms with Crippen molar-refractivity contribution in [2.45, 2.75) is 26.7 Å². The normalized spacial score (nSPS) is 10.9. The first kappa shape index (κ1) is 16.2. The SMILES string of the molecule is CCCCN(CC)C(=O)c1ccc(-n2cnc3ccccc32)cc1. The lowest BCUT2D eigenvalue weighted by Gasteiger charge is -2.20. The highest BCUT2D eigenvalue weighted by Gasteiger charge is 2.13. The zero-order valence-electron chi connectivity index (χ0n) is 14.3. The molecule has 0 saturated carbocycles. The number of rotatable bonds is 6. The van der Waals surface area contributed by atoms with Crippen LogP contribution >= 0.6 is 0 Å². The molecule has 2 aromatic carbocycles. The highest BCUT2D eigenvalue weighted by atomic mass is 16.2. The van der Waals surface area contributed by atoms with Crippen LogP contribution in [0.1, 0.15) is 37.0 Å². The molecule has 1 aromatic heterocycles. The van der Waals surface area contributed by atoms with Crippen LogP contribution in [0.2, 0.25) is 0 Å². The molecule has 0 fully saturated rings. The van der Waals surface area contributed by atoms with Gasteiger partial charge in [0.2, 0.25) is 0 Å². The van der Waals surface area contributed by atoms with E-state index in [4.69, 9.17) is 0 Å². The average Bonchev–Trinajstić information content (AvgIpc) is 3.06. The van der Waals surface area contributed by atoms with Gasteiger partial charge < -0.3 is 4.90 Å². The predicted octanol–water partition coefficient (Wildman–Crippen LogP) is 4.29. The van der Waals surface area contributed by atoms with Crippen molar-refractivity contribution in [2.75, 3.05) is 13.1 Å². The Morgan fingerprint density at radius 1 is 1.08 bits per heavy atom. The number of unbranched alkanes of at least 4 members (excludes halogenated alkanes) is 1. The van der Waals surface area contributed by atoms with Gasteiger partial charge in [-0.25, -0.2) is 4.98 Å². The van der Waals surface area contributed by atoms with E-state index < -0.39 is 0 Å². The Morgan fingerprint density at radius 2 is 1.83 bits per heavy atom. The Balaban J connectivity index is 1.84. The van der Waals surface area contributed by atoms with Crippen LogP contribution in [0, 0.1) is 0 Å². The Morgan fingerprint density at radius 3 is 2.54 bits per heavy atom. The molecule has 0 aliphatic heterocycles. The van der Waals surface area contributed by atoms with Crippen LogP contribution in [0.3, 0.4) is 0 Å². The minimum Gasteiger partial charge on any atom is -0.339 e. The summed E-state index contributed by atoms with van der Waals surface area (Å²) in [6.07, 6.45) is 3.95. The third-order valence-corrected chi connectivity index (χ3v) is 4.30. The molecule has 124 valence electrons. The zero-order chi connectivity index (χ0) is 16.9. The molecule has 3 rings (SSSR count). The van der Waals surface area contributed by atoms with Crippen molar-refractivity contribution >= 4 is 16.9 Å². The van der Waals surface area contributed by atoms with Gasteiger partial charge in [-0.3, -0.25) is 9.36 Å². The number of carbonyl (C=O) groups excluding carboxylic acids is 1. The third kappa shape index (κ3) is 3.18. The molecular weight excluding hydrogens is 298 g/mol. The standard InChI is InChI=1S/C20H23N3O/c1-3-5-14-22(4-2)20(24)16-10-12-17(13-11-16)23-15-21-18-8-6-7-9-19(18)23/h6-13,15H,3-5,14H2,1-2H3. The van der Waals surface area contributed by atoms with Crippen molar-refractivity contribution in [1.29, 1.82) is 0 Å². The predicted molar refractivity (Wildman–Crippen MR) is 97.6 cm³/mol. The van der Waals surface area contributed by atoms with Gasteiger partial charge in [-0.05, 0) is 49.7 Å². The van der Waals surface area contributed by atoms with Crippen molar-refractivity contribution in [3.63, 3.8) is 0 Å². The average molecular weight is 321 g/mol. The highest BCUT2D eigenvalue weighted by molar-refractivity contribution is 5.94. The molecule has 1 amide bonds. The summed E-state index contributed by atoms with van der Waals surface area (Å²) in [6.45, 7) is 5.73. The largest absolute Gasteiger partial charge is 0.339 e. The van der Waals surface area contributed by atoms with E-state index in [-0.39, 0.29) is 5.91 Å². The number of para-hydroxylation sites is 2. The minimum atomic E-state index is 0.105. The van der Waals surface area contributed by atoms with E-state index in [1.807, 2.05) is 71.2 Å². The molecule has 4 heteroatoms. The summed E-state index contributed by atoms with van der Waals surface area (Å²) in [4.78, 5) is 18.9. The van der Waals surface area contributed by atoms with Gasteiger partial charge >= 0.3 is 0 Å². The molecule has 0 bridgehead atoms. The lowest BCUT2D eigenvalue weighted by molar-refractivity contribution is 0.0762. The number of aromatic nitrogens is 2. The summed E-state index contributed by atoms with van der Waals surface area (Å²) in [5, 5.41) is 0. The molecule has 3 aromatic rings. The second kappa shape index (κ2) is 7.30. The summed E-state index contributed by atoms with van der Waals surface area (Å²) in [7, 11) is 0. The van der Waals surface area contributed by atoms with E-state index in [1.54, 1.807) is 0 Å². The molecule has 0 atom stereocenters. The highest BCUT2D eigenvalue weighted by Crippen LogP contribution is 2.18. The first-order chi connectivity index (χ1) is 11.7. The molecule has 0 unspecified atom stereocenters. The number of nitrogens with zero attached hydrogens (tertiary/aromatic N) is 3. The molecule has 24 heavy (non-hydrogen) atoms. The number of hydrogen-bond donors (Lipinski definition) is 0. The fourth-order valence-electron chi connectivity index (χ4n) is 2.86. The van der Waals surface area contributed by atoms with E-state index in [2.05, 4.69) is 11.9 Å². The van der Waals surface area contributed by atoms with Gasteiger partial charge in [0.25, 0.3) is 5.91 Å². The Hall–Kier alpha value is -2.62. The van der Waals surface area contributed by atoms with E-state index >= 15 is 0 Å². The van der Waals surface area contributed by atoms with E-state index in [1.165, 1.54) is 0 Å².